The van der Waals surface area contributed by atoms with Crippen LogP contribution in [0.15, 0.2) is 85.1 Å². The molecule has 0 saturated heterocycles. The van der Waals surface area contributed by atoms with Crippen LogP contribution in [0, 0.1) is 0 Å². The van der Waals surface area contributed by atoms with Crippen molar-refractivity contribution in [2.24, 2.45) is 0 Å². The van der Waals surface area contributed by atoms with Gasteiger partial charge in [0.15, 0.2) is 6.10 Å². The normalized spacial score (nSPS) is 12.6. The van der Waals surface area contributed by atoms with Crippen LogP contribution < -0.4 is 0 Å². The maximum absolute atomic E-state index is 12.9. The molecule has 6 heteroatoms. The van der Waals surface area contributed by atoms with E-state index < -0.39 is 6.10 Å². The molecule has 0 N–H and O–H groups in total. The summed E-state index contributed by atoms with van der Waals surface area (Å²) < 4.78 is 16.9. The molecule has 0 amide bonds. The molecule has 1 unspecified atom stereocenters. The topological polar surface area (TPSA) is 78.9 Å². The highest BCUT2D eigenvalue weighted by Crippen LogP contribution is 2.17. The molecule has 0 aliphatic heterocycles. The third kappa shape index (κ3) is 67.3. The van der Waals surface area contributed by atoms with Crippen LogP contribution in [0.1, 0.15) is 355 Å². The standard InChI is InChI=1S/C75H132O6/c1-4-7-10-13-16-19-22-25-28-30-31-32-33-34-35-36-37-38-39-40-41-42-43-44-45-46-48-50-53-56-59-62-65-68-74(77)80-71-72(70-79-73(76)67-64-61-58-55-52-49-27-24-21-18-15-12-9-6-3)81-75(78)69-66-63-60-57-54-51-47-29-26-23-20-17-14-11-8-5-2/h15,18,20,22-25,27,29-31,33-34,47,72H,4-14,16-17,19,21,26,28,32,35-46,48-71H2,1-3H3/b18-15-,23-20-,25-22-,27-24-,31-30-,34-33-,47-29-. The van der Waals surface area contributed by atoms with E-state index in [-0.39, 0.29) is 31.1 Å². The van der Waals surface area contributed by atoms with E-state index in [0.717, 1.165) is 116 Å². The van der Waals surface area contributed by atoms with Crippen LogP contribution in [0.5, 0.6) is 0 Å². The van der Waals surface area contributed by atoms with Gasteiger partial charge in [0, 0.05) is 19.3 Å². The van der Waals surface area contributed by atoms with Crippen LogP contribution in [-0.4, -0.2) is 37.2 Å². The monoisotopic (exact) mass is 1130 g/mol. The molecular formula is C75H132O6. The first kappa shape index (κ1) is 77.6. The molecule has 1 atom stereocenters. The van der Waals surface area contributed by atoms with Crippen LogP contribution in [-0.2, 0) is 28.6 Å². The molecule has 0 saturated carbocycles. The highest BCUT2D eigenvalue weighted by molar-refractivity contribution is 5.71. The summed E-state index contributed by atoms with van der Waals surface area (Å²) in [7, 11) is 0. The number of esters is 3. The Labute approximate surface area is 503 Å². The Morgan fingerprint density at radius 1 is 0.247 bits per heavy atom. The molecule has 0 fully saturated rings. The predicted molar refractivity (Wildman–Crippen MR) is 353 cm³/mol. The maximum Gasteiger partial charge on any atom is 0.306 e. The second-order valence-corrected chi connectivity index (χ2v) is 23.4. The third-order valence-electron chi connectivity index (χ3n) is 15.3. The lowest BCUT2D eigenvalue weighted by molar-refractivity contribution is -0.167. The zero-order chi connectivity index (χ0) is 58.5. The molecule has 81 heavy (non-hydrogen) atoms. The van der Waals surface area contributed by atoms with Gasteiger partial charge in [-0.3, -0.25) is 14.4 Å². The summed E-state index contributed by atoms with van der Waals surface area (Å²) in [6, 6.07) is 0. The van der Waals surface area contributed by atoms with Gasteiger partial charge in [-0.05, 0) is 116 Å². The van der Waals surface area contributed by atoms with Crippen molar-refractivity contribution in [2.75, 3.05) is 13.2 Å². The number of carbonyl (C=O) groups excluding carboxylic acids is 3. The van der Waals surface area contributed by atoms with E-state index in [2.05, 4.69) is 106 Å². The Bertz CT molecular complexity index is 1530. The minimum absolute atomic E-state index is 0.0841. The molecule has 0 aromatic rings. The van der Waals surface area contributed by atoms with Crippen LogP contribution in [0.4, 0.5) is 0 Å². The Morgan fingerprint density at radius 3 is 0.741 bits per heavy atom. The fraction of sp³-hybridized carbons (Fsp3) is 0.773. The fourth-order valence-corrected chi connectivity index (χ4v) is 10.0. The van der Waals surface area contributed by atoms with Crippen LogP contribution >= 0.6 is 0 Å². The first-order valence-corrected chi connectivity index (χ1v) is 35.1. The summed E-state index contributed by atoms with van der Waals surface area (Å²) in [5, 5.41) is 0. The summed E-state index contributed by atoms with van der Waals surface area (Å²) in [6.45, 7) is 6.58. The molecule has 0 aromatic carbocycles. The molecule has 0 heterocycles. The van der Waals surface area contributed by atoms with Gasteiger partial charge in [-0.25, -0.2) is 0 Å². The molecule has 468 valence electrons. The lowest BCUT2D eigenvalue weighted by Crippen LogP contribution is -2.30. The number of ether oxygens (including phenoxy) is 3. The van der Waals surface area contributed by atoms with E-state index in [1.165, 1.54) is 199 Å². The third-order valence-corrected chi connectivity index (χ3v) is 15.3. The molecule has 0 radical (unpaired) electrons. The highest BCUT2D eigenvalue weighted by Gasteiger charge is 2.19. The predicted octanol–water partition coefficient (Wildman–Crippen LogP) is 24.2. The number of rotatable bonds is 64. The minimum atomic E-state index is -0.790. The van der Waals surface area contributed by atoms with Gasteiger partial charge in [-0.15, -0.1) is 0 Å². The van der Waals surface area contributed by atoms with Gasteiger partial charge in [0.25, 0.3) is 0 Å². The van der Waals surface area contributed by atoms with Crippen molar-refractivity contribution < 1.29 is 28.6 Å². The Morgan fingerprint density at radius 2 is 0.457 bits per heavy atom. The molecule has 0 aliphatic rings. The Balaban J connectivity index is 4.18. The molecule has 0 rings (SSSR count). The molecule has 0 aromatic heterocycles. The van der Waals surface area contributed by atoms with Gasteiger partial charge in [0.05, 0.1) is 0 Å². The van der Waals surface area contributed by atoms with E-state index in [1.807, 2.05) is 0 Å². The summed E-state index contributed by atoms with van der Waals surface area (Å²) in [4.78, 5) is 38.3. The largest absolute Gasteiger partial charge is 0.462 e. The minimum Gasteiger partial charge on any atom is -0.462 e. The smallest absolute Gasteiger partial charge is 0.306 e. The van der Waals surface area contributed by atoms with Gasteiger partial charge in [-0.2, -0.15) is 0 Å². The molecule has 0 spiro atoms. The second kappa shape index (κ2) is 69.1. The SMILES string of the molecule is CCCC/C=C\C/C=C\CCCCCCCC(=O)OCC(COC(=O)CCCCCCCCCCCCCCCCCCCC/C=C\C/C=C\C/C=C\CCCCCCC)OC(=O)CCCCCCC/C=C\C/C=C\CCCCCC. The van der Waals surface area contributed by atoms with Crippen molar-refractivity contribution in [1.82, 2.24) is 0 Å². The Kier molecular flexibility index (Phi) is 66.2. The molecule has 0 bridgehead atoms. The Hall–Kier alpha value is -3.41. The molecule has 6 nitrogen and oxygen atoms in total. The average molecular weight is 1130 g/mol. The molecule has 0 aliphatic carbocycles. The summed E-state index contributed by atoms with van der Waals surface area (Å²) >= 11 is 0. The number of allylic oxidation sites excluding steroid dienone is 14. The zero-order valence-corrected chi connectivity index (χ0v) is 53.8. The van der Waals surface area contributed by atoms with E-state index in [1.54, 1.807) is 0 Å². The van der Waals surface area contributed by atoms with Crippen LogP contribution in [0.25, 0.3) is 0 Å². The number of hydrogen-bond donors (Lipinski definition) is 0. The van der Waals surface area contributed by atoms with E-state index >= 15 is 0 Å². The van der Waals surface area contributed by atoms with Crippen LogP contribution in [0.2, 0.25) is 0 Å². The molecular weight excluding hydrogens is 997 g/mol. The first-order chi connectivity index (χ1) is 40.0. The van der Waals surface area contributed by atoms with Gasteiger partial charge in [0.1, 0.15) is 13.2 Å². The van der Waals surface area contributed by atoms with Crippen molar-refractivity contribution in [3.63, 3.8) is 0 Å². The van der Waals surface area contributed by atoms with Gasteiger partial charge in [-0.1, -0.05) is 305 Å². The second-order valence-electron chi connectivity index (χ2n) is 23.4. The highest BCUT2D eigenvalue weighted by atomic mass is 16.6. The number of hydrogen-bond acceptors (Lipinski definition) is 6. The van der Waals surface area contributed by atoms with Crippen LogP contribution in [0.3, 0.4) is 0 Å². The fourth-order valence-electron chi connectivity index (χ4n) is 10.0. The van der Waals surface area contributed by atoms with Gasteiger partial charge in [0.2, 0.25) is 0 Å². The van der Waals surface area contributed by atoms with Gasteiger partial charge < -0.3 is 14.2 Å². The average Bonchev–Trinajstić information content (AvgIpc) is 3.47. The quantitative estimate of drug-likeness (QED) is 0.0261. The maximum atomic E-state index is 12.9. The lowest BCUT2D eigenvalue weighted by Gasteiger charge is -2.18. The van der Waals surface area contributed by atoms with Crippen molar-refractivity contribution in [3.8, 4) is 0 Å². The van der Waals surface area contributed by atoms with Crippen molar-refractivity contribution >= 4 is 17.9 Å². The first-order valence-electron chi connectivity index (χ1n) is 35.1. The summed E-state index contributed by atoms with van der Waals surface area (Å²) in [6.07, 6.45) is 91.9. The van der Waals surface area contributed by atoms with Crippen molar-refractivity contribution in [3.05, 3.63) is 85.1 Å². The summed E-state index contributed by atoms with van der Waals surface area (Å²) in [5.74, 6) is -0.897. The van der Waals surface area contributed by atoms with Crippen molar-refractivity contribution in [1.29, 1.82) is 0 Å². The van der Waals surface area contributed by atoms with Crippen molar-refractivity contribution in [2.45, 2.75) is 361 Å². The zero-order valence-electron chi connectivity index (χ0n) is 53.8. The number of unbranched alkanes of at least 4 members (excludes halogenated alkanes) is 39. The van der Waals surface area contributed by atoms with Gasteiger partial charge >= 0.3 is 17.9 Å². The van der Waals surface area contributed by atoms with E-state index in [9.17, 15) is 14.4 Å². The van der Waals surface area contributed by atoms with E-state index in [4.69, 9.17) is 14.2 Å². The lowest BCUT2D eigenvalue weighted by atomic mass is 10.0. The summed E-state index contributed by atoms with van der Waals surface area (Å²) in [5.41, 5.74) is 0. The number of carbonyl (C=O) groups is 3. The van der Waals surface area contributed by atoms with E-state index in [0.29, 0.717) is 19.3 Å².